The van der Waals surface area contributed by atoms with Gasteiger partial charge in [-0.25, -0.2) is 4.39 Å². The highest BCUT2D eigenvalue weighted by molar-refractivity contribution is 7.80. The van der Waals surface area contributed by atoms with Crippen molar-refractivity contribution in [3.05, 3.63) is 17.9 Å². The molecule has 0 heterocycles. The van der Waals surface area contributed by atoms with Crippen LogP contribution in [0.15, 0.2) is 17.0 Å². The number of benzene rings is 1. The number of nitrogens with two attached hydrogens (primary N) is 1. The third-order valence-corrected chi connectivity index (χ3v) is 1.83. The molecule has 1 aromatic carbocycles. The maximum absolute atomic E-state index is 13.2. The summed E-state index contributed by atoms with van der Waals surface area (Å²) in [7, 11) is 0. The van der Waals surface area contributed by atoms with E-state index in [-0.39, 0.29) is 11.9 Å². The largest absolute Gasteiger partial charge is 0.488 e. The fraction of sp³-hybridized carbons (Fsp3) is 0.333. The minimum Gasteiger partial charge on any atom is -0.488 e. The molecule has 0 radical (unpaired) electrons. The van der Waals surface area contributed by atoms with Crippen molar-refractivity contribution in [2.75, 3.05) is 5.73 Å². The molecule has 0 unspecified atom stereocenters. The summed E-state index contributed by atoms with van der Waals surface area (Å²) in [6.07, 6.45) is -0.0640. The van der Waals surface area contributed by atoms with E-state index in [4.69, 9.17) is 10.5 Å². The van der Waals surface area contributed by atoms with E-state index in [1.54, 1.807) is 0 Å². The van der Waals surface area contributed by atoms with Gasteiger partial charge in [-0.15, -0.1) is 12.6 Å². The fourth-order valence-electron chi connectivity index (χ4n) is 0.902. The van der Waals surface area contributed by atoms with E-state index < -0.39 is 5.82 Å². The molecule has 0 aliphatic heterocycles. The van der Waals surface area contributed by atoms with Crippen LogP contribution < -0.4 is 10.5 Å². The van der Waals surface area contributed by atoms with Crippen molar-refractivity contribution >= 4 is 18.3 Å². The van der Waals surface area contributed by atoms with Crippen molar-refractivity contribution in [1.82, 2.24) is 0 Å². The first-order valence-electron chi connectivity index (χ1n) is 3.95. The van der Waals surface area contributed by atoms with Crippen molar-refractivity contribution < 1.29 is 9.13 Å². The van der Waals surface area contributed by atoms with E-state index in [1.165, 1.54) is 12.1 Å². The van der Waals surface area contributed by atoms with Gasteiger partial charge in [0.15, 0.2) is 11.6 Å². The van der Waals surface area contributed by atoms with E-state index in [2.05, 4.69) is 12.6 Å². The summed E-state index contributed by atoms with van der Waals surface area (Å²) < 4.78 is 18.4. The number of anilines is 1. The lowest BCUT2D eigenvalue weighted by Gasteiger charge is -2.11. The van der Waals surface area contributed by atoms with Gasteiger partial charge in [-0.1, -0.05) is 0 Å². The average Bonchev–Trinajstić information content (AvgIpc) is 1.99. The zero-order chi connectivity index (χ0) is 10.0. The molecule has 2 nitrogen and oxygen atoms in total. The predicted octanol–water partition coefficient (Wildman–Crippen LogP) is 2.48. The minimum absolute atomic E-state index is 0.0640. The van der Waals surface area contributed by atoms with E-state index >= 15 is 0 Å². The summed E-state index contributed by atoms with van der Waals surface area (Å²) in [6.45, 7) is 3.65. The third-order valence-electron chi connectivity index (χ3n) is 1.44. The van der Waals surface area contributed by atoms with Crippen LogP contribution in [0, 0.1) is 5.82 Å². The van der Waals surface area contributed by atoms with E-state index in [1.807, 2.05) is 13.8 Å². The van der Waals surface area contributed by atoms with Crippen LogP contribution in [-0.2, 0) is 0 Å². The molecule has 1 rings (SSSR count). The van der Waals surface area contributed by atoms with Gasteiger partial charge in [0.25, 0.3) is 0 Å². The maximum Gasteiger partial charge on any atom is 0.167 e. The molecular weight excluding hydrogens is 189 g/mol. The van der Waals surface area contributed by atoms with Gasteiger partial charge in [0, 0.05) is 16.6 Å². The highest BCUT2D eigenvalue weighted by Gasteiger charge is 2.08. The Balaban J connectivity index is 3.01. The summed E-state index contributed by atoms with van der Waals surface area (Å²) >= 11 is 4.07. The fourth-order valence-corrected chi connectivity index (χ4v) is 1.08. The zero-order valence-electron chi connectivity index (χ0n) is 7.54. The van der Waals surface area contributed by atoms with Gasteiger partial charge in [-0.2, -0.15) is 0 Å². The Morgan fingerprint density at radius 3 is 2.62 bits per heavy atom. The Labute approximate surface area is 82.3 Å². The topological polar surface area (TPSA) is 35.2 Å². The Hall–Kier alpha value is -0.900. The number of hydrogen-bond donors (Lipinski definition) is 2. The lowest BCUT2D eigenvalue weighted by Crippen LogP contribution is -2.07. The number of ether oxygens (including phenoxy) is 1. The second-order valence-electron chi connectivity index (χ2n) is 3.01. The quantitative estimate of drug-likeness (QED) is 0.569. The van der Waals surface area contributed by atoms with E-state index in [9.17, 15) is 4.39 Å². The van der Waals surface area contributed by atoms with E-state index in [0.717, 1.165) is 0 Å². The van der Waals surface area contributed by atoms with Crippen molar-refractivity contribution in [3.63, 3.8) is 0 Å². The highest BCUT2D eigenvalue weighted by Crippen LogP contribution is 2.27. The summed E-state index contributed by atoms with van der Waals surface area (Å²) in [5.41, 5.74) is 5.77. The zero-order valence-corrected chi connectivity index (χ0v) is 8.44. The summed E-state index contributed by atoms with van der Waals surface area (Å²) in [5.74, 6) is -0.266. The third kappa shape index (κ3) is 2.52. The number of halogens is 1. The second kappa shape index (κ2) is 3.87. The van der Waals surface area contributed by atoms with Crippen LogP contribution in [0.3, 0.4) is 0 Å². The van der Waals surface area contributed by atoms with Crippen LogP contribution in [0.5, 0.6) is 5.75 Å². The molecule has 13 heavy (non-hydrogen) atoms. The van der Waals surface area contributed by atoms with Crippen molar-refractivity contribution in [2.45, 2.75) is 24.8 Å². The molecule has 2 N–H and O–H groups in total. The Kier molecular flexibility index (Phi) is 3.03. The Morgan fingerprint density at radius 2 is 2.08 bits per heavy atom. The molecule has 0 saturated heterocycles. The van der Waals surface area contributed by atoms with Crippen LogP contribution in [0.4, 0.5) is 10.1 Å². The first kappa shape index (κ1) is 10.2. The molecule has 4 heteroatoms. The second-order valence-corrected chi connectivity index (χ2v) is 3.49. The standard InChI is InChI=1S/C9H12FNOS/c1-5(2)12-8-4-9(13)7(11)3-6(8)10/h3-5,13H,11H2,1-2H3. The summed E-state index contributed by atoms with van der Waals surface area (Å²) in [6, 6.07) is 2.69. The van der Waals surface area contributed by atoms with Gasteiger partial charge < -0.3 is 10.5 Å². The van der Waals surface area contributed by atoms with Crippen molar-refractivity contribution in [1.29, 1.82) is 0 Å². The number of nitrogen functional groups attached to an aromatic ring is 1. The van der Waals surface area contributed by atoms with Crippen molar-refractivity contribution in [2.24, 2.45) is 0 Å². The smallest absolute Gasteiger partial charge is 0.167 e. The lowest BCUT2D eigenvalue weighted by molar-refractivity contribution is 0.230. The Bertz CT molecular complexity index is 315. The Morgan fingerprint density at radius 1 is 1.46 bits per heavy atom. The summed E-state index contributed by atoms with van der Waals surface area (Å²) in [5, 5.41) is 0. The monoisotopic (exact) mass is 201 g/mol. The molecule has 0 saturated carbocycles. The van der Waals surface area contributed by atoms with Gasteiger partial charge in [0.05, 0.1) is 6.10 Å². The molecule has 0 atom stereocenters. The summed E-state index contributed by atoms with van der Waals surface area (Å²) in [4.78, 5) is 0.525. The number of thiol groups is 1. The first-order valence-corrected chi connectivity index (χ1v) is 4.40. The van der Waals surface area contributed by atoms with Crippen LogP contribution in [0.2, 0.25) is 0 Å². The molecule has 0 aromatic heterocycles. The van der Waals surface area contributed by atoms with Gasteiger partial charge in [0.2, 0.25) is 0 Å². The maximum atomic E-state index is 13.2. The van der Waals surface area contributed by atoms with Crippen LogP contribution >= 0.6 is 12.6 Å². The first-order chi connectivity index (χ1) is 6.00. The van der Waals surface area contributed by atoms with Gasteiger partial charge in [-0.3, -0.25) is 0 Å². The number of hydrogen-bond acceptors (Lipinski definition) is 3. The van der Waals surface area contributed by atoms with Crippen LogP contribution in [-0.4, -0.2) is 6.10 Å². The van der Waals surface area contributed by atoms with Crippen LogP contribution in [0.25, 0.3) is 0 Å². The molecule has 0 aliphatic rings. The molecule has 72 valence electrons. The molecule has 0 bridgehead atoms. The van der Waals surface area contributed by atoms with Crippen molar-refractivity contribution in [3.8, 4) is 5.75 Å². The SMILES string of the molecule is CC(C)Oc1cc(S)c(N)cc1F. The minimum atomic E-state index is -0.455. The van der Waals surface area contributed by atoms with E-state index in [0.29, 0.717) is 10.6 Å². The molecule has 0 spiro atoms. The van der Waals surface area contributed by atoms with Gasteiger partial charge in [0.1, 0.15) is 0 Å². The normalized spacial score (nSPS) is 10.5. The lowest BCUT2D eigenvalue weighted by atomic mass is 10.3. The number of rotatable bonds is 2. The van der Waals surface area contributed by atoms with Gasteiger partial charge in [-0.05, 0) is 19.9 Å². The average molecular weight is 201 g/mol. The molecule has 0 amide bonds. The van der Waals surface area contributed by atoms with Gasteiger partial charge >= 0.3 is 0 Å². The molecule has 1 aromatic rings. The predicted molar refractivity (Wildman–Crippen MR) is 53.8 cm³/mol. The molecule has 0 fully saturated rings. The highest BCUT2D eigenvalue weighted by atomic mass is 32.1. The van der Waals surface area contributed by atoms with Crippen LogP contribution in [0.1, 0.15) is 13.8 Å². The molecular formula is C9H12FNOS. The molecule has 0 aliphatic carbocycles.